The molecule has 0 bridgehead atoms. The average Bonchev–Trinajstić information content (AvgIpc) is 2.74. The number of benzene rings is 2. The van der Waals surface area contributed by atoms with E-state index in [1.807, 2.05) is 24.3 Å². The summed E-state index contributed by atoms with van der Waals surface area (Å²) >= 11 is 0. The van der Waals surface area contributed by atoms with Crippen molar-refractivity contribution in [2.45, 2.75) is 51.7 Å². The van der Waals surface area contributed by atoms with E-state index in [2.05, 4.69) is 19.2 Å². The SMILES string of the molecule is CC(Oc1ccccc1C(C)C)C(=O)N1CCC(NC(=O)c2ccc(F)cc2)CC1. The van der Waals surface area contributed by atoms with Gasteiger partial charge in [-0.3, -0.25) is 9.59 Å². The molecule has 1 N–H and O–H groups in total. The first-order valence-electron chi connectivity index (χ1n) is 10.5. The molecular formula is C24H29FN2O3. The molecule has 0 spiro atoms. The van der Waals surface area contributed by atoms with Crippen LogP contribution < -0.4 is 10.1 Å². The van der Waals surface area contributed by atoms with Crippen LogP contribution in [0.5, 0.6) is 5.75 Å². The van der Waals surface area contributed by atoms with E-state index in [9.17, 15) is 14.0 Å². The molecule has 0 radical (unpaired) electrons. The van der Waals surface area contributed by atoms with E-state index in [0.717, 1.165) is 11.3 Å². The molecule has 1 aliphatic heterocycles. The van der Waals surface area contributed by atoms with Gasteiger partial charge in [-0.1, -0.05) is 32.0 Å². The number of nitrogens with zero attached hydrogens (tertiary/aromatic N) is 1. The van der Waals surface area contributed by atoms with Crippen LogP contribution in [0.4, 0.5) is 4.39 Å². The molecule has 3 rings (SSSR count). The maximum Gasteiger partial charge on any atom is 0.263 e. The molecule has 6 heteroatoms. The maximum absolute atomic E-state index is 13.0. The highest BCUT2D eigenvalue weighted by atomic mass is 19.1. The Hall–Kier alpha value is -2.89. The van der Waals surface area contributed by atoms with E-state index in [0.29, 0.717) is 37.4 Å². The summed E-state index contributed by atoms with van der Waals surface area (Å²) in [5.74, 6) is 0.420. The van der Waals surface area contributed by atoms with Gasteiger partial charge in [-0.05, 0) is 61.6 Å². The zero-order chi connectivity index (χ0) is 21.7. The van der Waals surface area contributed by atoms with Crippen LogP contribution in [-0.2, 0) is 4.79 Å². The lowest BCUT2D eigenvalue weighted by molar-refractivity contribution is -0.139. The lowest BCUT2D eigenvalue weighted by Gasteiger charge is -2.34. The largest absolute Gasteiger partial charge is 0.481 e. The Bertz CT molecular complexity index is 874. The molecular weight excluding hydrogens is 383 g/mol. The summed E-state index contributed by atoms with van der Waals surface area (Å²) in [6, 6.07) is 13.3. The molecule has 0 aromatic heterocycles. The van der Waals surface area contributed by atoms with Gasteiger partial charge < -0.3 is 15.0 Å². The van der Waals surface area contributed by atoms with E-state index in [4.69, 9.17) is 4.74 Å². The van der Waals surface area contributed by atoms with Gasteiger partial charge in [-0.15, -0.1) is 0 Å². The molecule has 1 aliphatic rings. The fourth-order valence-corrected chi connectivity index (χ4v) is 3.68. The Morgan fingerprint density at radius 2 is 1.67 bits per heavy atom. The number of para-hydroxylation sites is 1. The van der Waals surface area contributed by atoms with Crippen LogP contribution >= 0.6 is 0 Å². The number of ether oxygens (including phenoxy) is 1. The average molecular weight is 413 g/mol. The Labute approximate surface area is 177 Å². The summed E-state index contributed by atoms with van der Waals surface area (Å²) in [5.41, 5.74) is 1.51. The third-order valence-electron chi connectivity index (χ3n) is 5.44. The van der Waals surface area contributed by atoms with E-state index < -0.39 is 6.10 Å². The zero-order valence-electron chi connectivity index (χ0n) is 17.7. The predicted octanol–water partition coefficient (Wildman–Crippen LogP) is 4.14. The molecule has 2 aromatic rings. The molecule has 1 saturated heterocycles. The molecule has 1 unspecified atom stereocenters. The van der Waals surface area contributed by atoms with Gasteiger partial charge in [0.15, 0.2) is 6.10 Å². The van der Waals surface area contributed by atoms with Crippen molar-refractivity contribution in [3.05, 3.63) is 65.5 Å². The number of hydrogen-bond acceptors (Lipinski definition) is 3. The van der Waals surface area contributed by atoms with Gasteiger partial charge in [0.1, 0.15) is 11.6 Å². The fourth-order valence-electron chi connectivity index (χ4n) is 3.68. The molecule has 1 heterocycles. The second-order valence-corrected chi connectivity index (χ2v) is 8.03. The summed E-state index contributed by atoms with van der Waals surface area (Å²) in [7, 11) is 0. The molecule has 160 valence electrons. The maximum atomic E-state index is 13.0. The van der Waals surface area contributed by atoms with E-state index in [1.165, 1.54) is 24.3 Å². The molecule has 0 saturated carbocycles. The number of carbonyl (C=O) groups excluding carboxylic acids is 2. The zero-order valence-corrected chi connectivity index (χ0v) is 17.7. The molecule has 5 nitrogen and oxygen atoms in total. The number of halogens is 1. The van der Waals surface area contributed by atoms with Gasteiger partial charge in [-0.2, -0.15) is 0 Å². The first kappa shape index (κ1) is 21.8. The highest BCUT2D eigenvalue weighted by Crippen LogP contribution is 2.27. The Morgan fingerprint density at radius 1 is 1.03 bits per heavy atom. The van der Waals surface area contributed by atoms with Crippen molar-refractivity contribution >= 4 is 11.8 Å². The van der Waals surface area contributed by atoms with Crippen molar-refractivity contribution < 1.29 is 18.7 Å². The summed E-state index contributed by atoms with van der Waals surface area (Å²) < 4.78 is 19.0. The van der Waals surface area contributed by atoms with Crippen LogP contribution in [0.25, 0.3) is 0 Å². The predicted molar refractivity (Wildman–Crippen MR) is 114 cm³/mol. The van der Waals surface area contributed by atoms with Crippen LogP contribution in [0.15, 0.2) is 48.5 Å². The number of rotatable bonds is 6. The van der Waals surface area contributed by atoms with Crippen molar-refractivity contribution in [1.29, 1.82) is 0 Å². The molecule has 30 heavy (non-hydrogen) atoms. The van der Waals surface area contributed by atoms with Gasteiger partial charge >= 0.3 is 0 Å². The van der Waals surface area contributed by atoms with Gasteiger partial charge in [0, 0.05) is 24.7 Å². The quantitative estimate of drug-likeness (QED) is 0.776. The number of hydrogen-bond donors (Lipinski definition) is 1. The lowest BCUT2D eigenvalue weighted by Crippen LogP contribution is -2.49. The second kappa shape index (κ2) is 9.74. The number of likely N-dealkylation sites (tertiary alicyclic amines) is 1. The van der Waals surface area contributed by atoms with Crippen molar-refractivity contribution in [2.75, 3.05) is 13.1 Å². The molecule has 0 aliphatic carbocycles. The van der Waals surface area contributed by atoms with Gasteiger partial charge in [-0.25, -0.2) is 4.39 Å². The third kappa shape index (κ3) is 5.38. The highest BCUT2D eigenvalue weighted by Gasteiger charge is 2.28. The third-order valence-corrected chi connectivity index (χ3v) is 5.44. The van der Waals surface area contributed by atoms with Crippen molar-refractivity contribution in [1.82, 2.24) is 10.2 Å². The number of carbonyl (C=O) groups is 2. The Kier molecular flexibility index (Phi) is 7.08. The van der Waals surface area contributed by atoms with Crippen LogP contribution in [-0.4, -0.2) is 41.9 Å². The van der Waals surface area contributed by atoms with Crippen LogP contribution in [0.3, 0.4) is 0 Å². The van der Waals surface area contributed by atoms with Crippen LogP contribution in [0.2, 0.25) is 0 Å². The first-order chi connectivity index (χ1) is 14.3. The van der Waals surface area contributed by atoms with Crippen LogP contribution in [0.1, 0.15) is 55.5 Å². The summed E-state index contributed by atoms with van der Waals surface area (Å²) in [5, 5.41) is 2.97. The molecule has 1 atom stereocenters. The highest BCUT2D eigenvalue weighted by molar-refractivity contribution is 5.94. The minimum absolute atomic E-state index is 0.00973. The van der Waals surface area contributed by atoms with Gasteiger partial charge in [0.25, 0.3) is 11.8 Å². The first-order valence-corrected chi connectivity index (χ1v) is 10.5. The minimum atomic E-state index is -0.574. The van der Waals surface area contributed by atoms with Gasteiger partial charge in [0.05, 0.1) is 0 Å². The summed E-state index contributed by atoms with van der Waals surface area (Å²) in [6.45, 7) is 7.10. The smallest absolute Gasteiger partial charge is 0.263 e. The normalized spacial score (nSPS) is 15.7. The summed E-state index contributed by atoms with van der Waals surface area (Å²) in [6.07, 6.45) is 0.775. The lowest BCUT2D eigenvalue weighted by atomic mass is 10.0. The number of piperidine rings is 1. The summed E-state index contributed by atoms with van der Waals surface area (Å²) in [4.78, 5) is 26.9. The fraction of sp³-hybridized carbons (Fsp3) is 0.417. The molecule has 2 aromatic carbocycles. The minimum Gasteiger partial charge on any atom is -0.481 e. The molecule has 1 fully saturated rings. The monoisotopic (exact) mass is 412 g/mol. The van der Waals surface area contributed by atoms with E-state index in [-0.39, 0.29) is 23.7 Å². The van der Waals surface area contributed by atoms with Crippen LogP contribution in [0, 0.1) is 5.82 Å². The van der Waals surface area contributed by atoms with Crippen molar-refractivity contribution in [2.24, 2.45) is 0 Å². The standard InChI is InChI=1S/C24H29FN2O3/c1-16(2)21-6-4-5-7-22(21)30-17(3)24(29)27-14-12-20(13-15-27)26-23(28)18-8-10-19(25)11-9-18/h4-11,16-17,20H,12-15H2,1-3H3,(H,26,28). The van der Waals surface area contributed by atoms with Crippen molar-refractivity contribution in [3.8, 4) is 5.75 Å². The second-order valence-electron chi connectivity index (χ2n) is 8.03. The number of nitrogens with one attached hydrogen (secondary N) is 1. The Morgan fingerprint density at radius 3 is 2.30 bits per heavy atom. The van der Waals surface area contributed by atoms with Crippen molar-refractivity contribution in [3.63, 3.8) is 0 Å². The van der Waals surface area contributed by atoms with E-state index >= 15 is 0 Å². The molecule has 2 amide bonds. The van der Waals surface area contributed by atoms with E-state index in [1.54, 1.807) is 11.8 Å². The van der Waals surface area contributed by atoms with Gasteiger partial charge in [0.2, 0.25) is 0 Å². The number of amides is 2. The topological polar surface area (TPSA) is 58.6 Å². The Balaban J connectivity index is 1.51.